The van der Waals surface area contributed by atoms with Crippen molar-refractivity contribution in [3.63, 3.8) is 0 Å². The molecule has 4 rings (SSSR count). The van der Waals surface area contributed by atoms with Gasteiger partial charge in [-0.15, -0.1) is 0 Å². The topological polar surface area (TPSA) is 106 Å². The molecule has 0 atom stereocenters. The van der Waals surface area contributed by atoms with Crippen molar-refractivity contribution in [2.24, 2.45) is 0 Å². The summed E-state index contributed by atoms with van der Waals surface area (Å²) in [6.07, 6.45) is 3.16. The Morgan fingerprint density at radius 3 is 2.61 bits per heavy atom. The standard InChI is InChI=1S/C27H22ClFN2O6S/c1-2-3-12-36-26(34)17-6-4-16(5-7-17)22-11-9-19(37-22)14-23-25(33)31(27(35)38-23)15-24(32)30-18-8-10-21(29)20(28)13-18/h4-11,13-14H,2-3,12,15H2,1H3,(H,30,32)/b23-14+. The largest absolute Gasteiger partial charge is 0.462 e. The highest BCUT2D eigenvalue weighted by atomic mass is 35.5. The van der Waals surface area contributed by atoms with E-state index in [1.54, 1.807) is 36.4 Å². The summed E-state index contributed by atoms with van der Waals surface area (Å²) in [7, 11) is 0. The first kappa shape index (κ1) is 27.2. The highest BCUT2D eigenvalue weighted by Crippen LogP contribution is 2.33. The molecule has 1 saturated heterocycles. The van der Waals surface area contributed by atoms with Gasteiger partial charge in [-0.2, -0.15) is 0 Å². The second kappa shape index (κ2) is 12.1. The fourth-order valence-electron chi connectivity index (χ4n) is 3.43. The Kier molecular flexibility index (Phi) is 8.65. The molecular weight excluding hydrogens is 535 g/mol. The molecular formula is C27H22ClFN2O6S. The van der Waals surface area contributed by atoms with E-state index in [1.807, 2.05) is 6.92 Å². The molecule has 1 aliphatic heterocycles. The summed E-state index contributed by atoms with van der Waals surface area (Å²) in [6.45, 7) is 1.87. The Hall–Kier alpha value is -3.89. The van der Waals surface area contributed by atoms with E-state index in [9.17, 15) is 23.6 Å². The highest BCUT2D eigenvalue weighted by molar-refractivity contribution is 8.18. The third-order valence-corrected chi connectivity index (χ3v) is 6.61. The number of unbranched alkanes of at least 4 members (excludes halogenated alkanes) is 1. The Morgan fingerprint density at radius 1 is 1.13 bits per heavy atom. The molecule has 0 spiro atoms. The molecule has 0 bridgehead atoms. The van der Waals surface area contributed by atoms with Crippen LogP contribution in [-0.4, -0.2) is 41.1 Å². The minimum Gasteiger partial charge on any atom is -0.462 e. The molecule has 3 aromatic rings. The van der Waals surface area contributed by atoms with Gasteiger partial charge in [-0.3, -0.25) is 19.3 Å². The lowest BCUT2D eigenvalue weighted by Gasteiger charge is -2.12. The summed E-state index contributed by atoms with van der Waals surface area (Å²) < 4.78 is 24.3. The lowest BCUT2D eigenvalue weighted by molar-refractivity contribution is -0.127. The van der Waals surface area contributed by atoms with Gasteiger partial charge in [0, 0.05) is 17.3 Å². The quantitative estimate of drug-likeness (QED) is 0.185. The van der Waals surface area contributed by atoms with E-state index in [1.165, 1.54) is 18.2 Å². The van der Waals surface area contributed by atoms with Crippen LogP contribution in [-0.2, 0) is 14.3 Å². The van der Waals surface area contributed by atoms with Gasteiger partial charge in [0.1, 0.15) is 23.9 Å². The van der Waals surface area contributed by atoms with Crippen molar-refractivity contribution < 1.29 is 32.7 Å². The maximum atomic E-state index is 13.3. The number of furan rings is 1. The number of nitrogens with zero attached hydrogens (tertiary/aromatic N) is 1. The number of hydrogen-bond donors (Lipinski definition) is 1. The van der Waals surface area contributed by atoms with Crippen molar-refractivity contribution in [3.05, 3.63) is 81.7 Å². The van der Waals surface area contributed by atoms with Gasteiger partial charge in [0.15, 0.2) is 0 Å². The molecule has 0 aliphatic carbocycles. The molecule has 3 amide bonds. The first-order chi connectivity index (χ1) is 18.2. The lowest BCUT2D eigenvalue weighted by Crippen LogP contribution is -2.36. The van der Waals surface area contributed by atoms with Crippen LogP contribution in [0.5, 0.6) is 0 Å². The van der Waals surface area contributed by atoms with Crippen LogP contribution < -0.4 is 5.32 Å². The molecule has 2 heterocycles. The van der Waals surface area contributed by atoms with Crippen LogP contribution in [0.4, 0.5) is 14.9 Å². The molecule has 196 valence electrons. The van der Waals surface area contributed by atoms with Crippen molar-refractivity contribution in [1.82, 2.24) is 4.90 Å². The minimum absolute atomic E-state index is 0.0960. The van der Waals surface area contributed by atoms with Crippen molar-refractivity contribution in [3.8, 4) is 11.3 Å². The average Bonchev–Trinajstić information content (AvgIpc) is 3.46. The number of benzene rings is 2. The molecule has 1 fully saturated rings. The van der Waals surface area contributed by atoms with Gasteiger partial charge in [-0.05, 0) is 60.6 Å². The van der Waals surface area contributed by atoms with Crippen molar-refractivity contribution >= 4 is 58.1 Å². The summed E-state index contributed by atoms with van der Waals surface area (Å²) in [6, 6.07) is 13.7. The van der Waals surface area contributed by atoms with Crippen LogP contribution in [0.2, 0.25) is 5.02 Å². The van der Waals surface area contributed by atoms with Crippen LogP contribution in [0.25, 0.3) is 17.4 Å². The molecule has 8 nitrogen and oxygen atoms in total. The number of carbonyl (C=O) groups is 4. The van der Waals surface area contributed by atoms with E-state index in [2.05, 4.69) is 5.32 Å². The Bertz CT molecular complexity index is 1420. The van der Waals surface area contributed by atoms with Crippen molar-refractivity contribution in [1.29, 1.82) is 0 Å². The lowest BCUT2D eigenvalue weighted by atomic mass is 10.1. The van der Waals surface area contributed by atoms with Gasteiger partial charge in [0.05, 0.1) is 22.1 Å². The fraction of sp³-hybridized carbons (Fsp3) is 0.185. The van der Waals surface area contributed by atoms with E-state index in [-0.39, 0.29) is 15.6 Å². The van der Waals surface area contributed by atoms with Gasteiger partial charge in [0.2, 0.25) is 5.91 Å². The van der Waals surface area contributed by atoms with Crippen LogP contribution in [0, 0.1) is 5.82 Å². The van der Waals surface area contributed by atoms with Crippen molar-refractivity contribution in [2.45, 2.75) is 19.8 Å². The number of anilines is 1. The molecule has 38 heavy (non-hydrogen) atoms. The second-order valence-corrected chi connectivity index (χ2v) is 9.61. The van der Waals surface area contributed by atoms with Gasteiger partial charge in [-0.25, -0.2) is 9.18 Å². The molecule has 0 unspecified atom stereocenters. The van der Waals surface area contributed by atoms with E-state index >= 15 is 0 Å². The molecule has 11 heteroatoms. The van der Waals surface area contributed by atoms with E-state index in [0.29, 0.717) is 41.0 Å². The number of imide groups is 1. The van der Waals surface area contributed by atoms with Gasteiger partial charge < -0.3 is 14.5 Å². The number of carbonyl (C=O) groups excluding carboxylic acids is 4. The second-order valence-electron chi connectivity index (χ2n) is 8.21. The molecule has 1 aromatic heterocycles. The van der Waals surface area contributed by atoms with Crippen molar-refractivity contribution in [2.75, 3.05) is 18.5 Å². The highest BCUT2D eigenvalue weighted by Gasteiger charge is 2.36. The molecule has 0 radical (unpaired) electrons. The smallest absolute Gasteiger partial charge is 0.338 e. The first-order valence-corrected chi connectivity index (χ1v) is 12.8. The van der Waals surface area contributed by atoms with Crippen LogP contribution in [0.1, 0.15) is 35.9 Å². The monoisotopic (exact) mass is 556 g/mol. The number of rotatable bonds is 9. The number of esters is 1. The van der Waals surface area contributed by atoms with E-state index in [0.717, 1.165) is 23.8 Å². The zero-order valence-corrected chi connectivity index (χ0v) is 21.7. The average molecular weight is 557 g/mol. The maximum Gasteiger partial charge on any atom is 0.338 e. The summed E-state index contributed by atoms with van der Waals surface area (Å²) in [4.78, 5) is 50.4. The third-order valence-electron chi connectivity index (χ3n) is 5.41. The van der Waals surface area contributed by atoms with E-state index < -0.39 is 35.4 Å². The van der Waals surface area contributed by atoms with Crippen LogP contribution in [0.15, 0.2) is 63.9 Å². The summed E-state index contributed by atoms with van der Waals surface area (Å²) in [5, 5.41) is 1.69. The summed E-state index contributed by atoms with van der Waals surface area (Å²) >= 11 is 6.39. The number of ether oxygens (including phenoxy) is 1. The number of thioether (sulfide) groups is 1. The maximum absolute atomic E-state index is 13.3. The molecule has 2 aromatic carbocycles. The molecule has 1 aliphatic rings. The van der Waals surface area contributed by atoms with E-state index in [4.69, 9.17) is 20.8 Å². The van der Waals surface area contributed by atoms with Crippen LogP contribution >= 0.6 is 23.4 Å². The summed E-state index contributed by atoms with van der Waals surface area (Å²) in [5.74, 6) is -1.49. The Labute approximate surface area is 226 Å². The number of hydrogen-bond acceptors (Lipinski definition) is 7. The SMILES string of the molecule is CCCCOC(=O)c1ccc(-c2ccc(/C=C3/SC(=O)N(CC(=O)Nc4ccc(F)c(Cl)c4)C3=O)o2)cc1. The summed E-state index contributed by atoms with van der Waals surface area (Å²) in [5.41, 5.74) is 1.37. The predicted molar refractivity (Wildman–Crippen MR) is 142 cm³/mol. The Balaban J connectivity index is 1.39. The number of amides is 3. The fourth-order valence-corrected chi connectivity index (χ4v) is 4.43. The molecule has 0 saturated carbocycles. The number of halogens is 2. The zero-order valence-electron chi connectivity index (χ0n) is 20.2. The third kappa shape index (κ3) is 6.51. The first-order valence-electron chi connectivity index (χ1n) is 11.6. The minimum atomic E-state index is -0.644. The normalized spacial score (nSPS) is 14.3. The van der Waals surface area contributed by atoms with Gasteiger partial charge in [0.25, 0.3) is 11.1 Å². The van der Waals surface area contributed by atoms with Crippen LogP contribution in [0.3, 0.4) is 0 Å². The van der Waals surface area contributed by atoms with Gasteiger partial charge >= 0.3 is 5.97 Å². The number of nitrogens with one attached hydrogen (secondary N) is 1. The predicted octanol–water partition coefficient (Wildman–Crippen LogP) is 6.37. The van der Waals surface area contributed by atoms with Gasteiger partial charge in [-0.1, -0.05) is 37.1 Å². The Morgan fingerprint density at radius 2 is 1.89 bits per heavy atom. The zero-order chi connectivity index (χ0) is 27.2. The molecule has 1 N–H and O–H groups in total.